The second-order valence-corrected chi connectivity index (χ2v) is 6.89. The number of guanidine groups is 1. The molecule has 0 aliphatic carbocycles. The number of nitrogens with zero attached hydrogens (tertiary/aromatic N) is 4. The first-order valence-corrected chi connectivity index (χ1v) is 9.16. The molecule has 0 bridgehead atoms. The predicted molar refractivity (Wildman–Crippen MR) is 106 cm³/mol. The van der Waals surface area contributed by atoms with E-state index in [-0.39, 0.29) is 5.91 Å². The second kappa shape index (κ2) is 7.20. The molecule has 5 heteroatoms. The first-order chi connectivity index (χ1) is 12.7. The number of hydrogen-bond acceptors (Lipinski definition) is 4. The quantitative estimate of drug-likeness (QED) is 0.824. The summed E-state index contributed by atoms with van der Waals surface area (Å²) < 4.78 is 0. The molecule has 0 N–H and O–H groups in total. The molecular formula is C21H22N4O. The van der Waals surface area contributed by atoms with E-state index in [4.69, 9.17) is 0 Å². The van der Waals surface area contributed by atoms with Crippen LogP contribution in [0.25, 0.3) is 6.08 Å². The molecule has 4 rings (SSSR count). The molecule has 3 aliphatic heterocycles. The van der Waals surface area contributed by atoms with Crippen LogP contribution in [0.5, 0.6) is 0 Å². The minimum Gasteiger partial charge on any atom is -0.341 e. The first-order valence-electron chi connectivity index (χ1n) is 9.16. The number of rotatable bonds is 2. The summed E-state index contributed by atoms with van der Waals surface area (Å²) in [6.45, 7) is 3.89. The lowest BCUT2D eigenvalue weighted by atomic mass is 9.93. The highest BCUT2D eigenvalue weighted by Crippen LogP contribution is 2.25. The lowest BCUT2D eigenvalue weighted by Crippen LogP contribution is -2.40. The van der Waals surface area contributed by atoms with Crippen molar-refractivity contribution in [1.29, 1.82) is 0 Å². The van der Waals surface area contributed by atoms with E-state index < -0.39 is 5.92 Å². The van der Waals surface area contributed by atoms with Gasteiger partial charge in [0.2, 0.25) is 5.96 Å². The van der Waals surface area contributed by atoms with Crippen LogP contribution in [0.15, 0.2) is 57.0 Å². The zero-order chi connectivity index (χ0) is 17.9. The number of aryl methyl sites for hydroxylation is 1. The summed E-state index contributed by atoms with van der Waals surface area (Å²) in [6.07, 6.45) is 11.1. The smallest absolute Gasteiger partial charge is 0.264 e. The molecule has 3 heterocycles. The molecule has 0 spiro atoms. The zero-order valence-corrected chi connectivity index (χ0v) is 14.9. The Kier molecular flexibility index (Phi) is 4.61. The van der Waals surface area contributed by atoms with Gasteiger partial charge >= 0.3 is 0 Å². The molecule has 3 aliphatic rings. The standard InChI is InChI=1S/C21H22N4O/c1-15-6-5-7-16(14-15)8-9-17-10-11-22-19-18(17)20(26)24-21(23-19)25-12-3-2-4-13-25/h5-11,14,18H,2-4,12-13H2,1H3/b9-8+. The summed E-state index contributed by atoms with van der Waals surface area (Å²) in [5.41, 5.74) is 3.19. The molecule has 1 unspecified atom stereocenters. The van der Waals surface area contributed by atoms with Crippen LogP contribution < -0.4 is 0 Å². The highest BCUT2D eigenvalue weighted by atomic mass is 16.1. The molecular weight excluding hydrogens is 324 g/mol. The van der Waals surface area contributed by atoms with Crippen LogP contribution in [0.2, 0.25) is 0 Å². The Balaban J connectivity index is 1.56. The number of carbonyl (C=O) groups is 1. The van der Waals surface area contributed by atoms with E-state index in [1.54, 1.807) is 6.21 Å². The van der Waals surface area contributed by atoms with Gasteiger partial charge in [0.05, 0.1) is 0 Å². The van der Waals surface area contributed by atoms with E-state index in [1.807, 2.05) is 30.4 Å². The van der Waals surface area contributed by atoms with Gasteiger partial charge in [-0.2, -0.15) is 9.98 Å². The fourth-order valence-electron chi connectivity index (χ4n) is 3.51. The molecule has 1 saturated heterocycles. The number of hydrogen-bond donors (Lipinski definition) is 0. The van der Waals surface area contributed by atoms with E-state index in [0.29, 0.717) is 11.8 Å². The molecule has 0 radical (unpaired) electrons. The Morgan fingerprint density at radius 1 is 1.12 bits per heavy atom. The highest BCUT2D eigenvalue weighted by Gasteiger charge is 2.34. The Morgan fingerprint density at radius 3 is 2.77 bits per heavy atom. The van der Waals surface area contributed by atoms with E-state index in [0.717, 1.165) is 37.1 Å². The van der Waals surface area contributed by atoms with Gasteiger partial charge in [0.1, 0.15) is 11.8 Å². The van der Waals surface area contributed by atoms with Gasteiger partial charge in [-0.25, -0.2) is 4.99 Å². The monoisotopic (exact) mass is 346 g/mol. The number of carbonyl (C=O) groups excluding carboxylic acids is 1. The van der Waals surface area contributed by atoms with Gasteiger partial charge in [-0.05, 0) is 43.4 Å². The third-order valence-electron chi connectivity index (χ3n) is 4.89. The summed E-state index contributed by atoms with van der Waals surface area (Å²) in [7, 11) is 0. The maximum atomic E-state index is 12.7. The van der Waals surface area contributed by atoms with Crippen molar-refractivity contribution >= 4 is 30.0 Å². The summed E-state index contributed by atoms with van der Waals surface area (Å²) in [6, 6.07) is 8.25. The zero-order valence-electron chi connectivity index (χ0n) is 14.9. The van der Waals surface area contributed by atoms with E-state index in [2.05, 4.69) is 38.9 Å². The summed E-state index contributed by atoms with van der Waals surface area (Å²) in [4.78, 5) is 28.0. The van der Waals surface area contributed by atoms with Gasteiger partial charge < -0.3 is 4.90 Å². The molecule has 1 aromatic carbocycles. The van der Waals surface area contributed by atoms with Crippen molar-refractivity contribution in [2.24, 2.45) is 20.9 Å². The van der Waals surface area contributed by atoms with Crippen molar-refractivity contribution in [3.8, 4) is 0 Å². The van der Waals surface area contributed by atoms with E-state index >= 15 is 0 Å². The number of benzene rings is 1. The minimum atomic E-state index is -0.491. The maximum absolute atomic E-state index is 12.7. The molecule has 26 heavy (non-hydrogen) atoms. The minimum absolute atomic E-state index is 0.174. The molecule has 1 fully saturated rings. The van der Waals surface area contributed by atoms with Crippen molar-refractivity contribution in [2.45, 2.75) is 26.2 Å². The number of amidine groups is 1. The maximum Gasteiger partial charge on any atom is 0.264 e. The van der Waals surface area contributed by atoms with Crippen molar-refractivity contribution < 1.29 is 4.79 Å². The summed E-state index contributed by atoms with van der Waals surface area (Å²) >= 11 is 0. The summed E-state index contributed by atoms with van der Waals surface area (Å²) in [5, 5.41) is 0. The second-order valence-electron chi connectivity index (χ2n) is 6.89. The fourth-order valence-corrected chi connectivity index (χ4v) is 3.51. The van der Waals surface area contributed by atoms with Gasteiger partial charge in [-0.1, -0.05) is 42.0 Å². The van der Waals surface area contributed by atoms with Gasteiger partial charge in [-0.15, -0.1) is 0 Å². The van der Waals surface area contributed by atoms with E-state index in [1.165, 1.54) is 12.0 Å². The van der Waals surface area contributed by atoms with Gasteiger partial charge in [0, 0.05) is 19.3 Å². The van der Waals surface area contributed by atoms with Gasteiger partial charge in [-0.3, -0.25) is 4.79 Å². The van der Waals surface area contributed by atoms with Crippen LogP contribution in [-0.2, 0) is 4.79 Å². The number of dihydropyridines is 1. The number of allylic oxidation sites excluding steroid dienone is 2. The molecule has 1 amide bonds. The van der Waals surface area contributed by atoms with E-state index in [9.17, 15) is 4.79 Å². The van der Waals surface area contributed by atoms with Crippen LogP contribution in [0, 0.1) is 12.8 Å². The Labute approximate surface area is 153 Å². The lowest BCUT2D eigenvalue weighted by Gasteiger charge is -2.30. The van der Waals surface area contributed by atoms with Gasteiger partial charge in [0.25, 0.3) is 5.91 Å². The van der Waals surface area contributed by atoms with Crippen LogP contribution in [0.1, 0.15) is 30.4 Å². The van der Waals surface area contributed by atoms with Crippen LogP contribution >= 0.6 is 0 Å². The predicted octanol–water partition coefficient (Wildman–Crippen LogP) is 3.42. The largest absolute Gasteiger partial charge is 0.341 e. The number of aliphatic imine (C=N–C) groups is 3. The highest BCUT2D eigenvalue weighted by molar-refractivity contribution is 6.20. The molecule has 132 valence electrons. The third kappa shape index (κ3) is 3.43. The van der Waals surface area contributed by atoms with Gasteiger partial charge in [0.15, 0.2) is 0 Å². The lowest BCUT2D eigenvalue weighted by molar-refractivity contribution is -0.118. The van der Waals surface area contributed by atoms with Crippen LogP contribution in [-0.4, -0.2) is 41.9 Å². The van der Waals surface area contributed by atoms with Crippen molar-refractivity contribution in [2.75, 3.05) is 13.1 Å². The number of piperidine rings is 1. The van der Waals surface area contributed by atoms with Crippen molar-refractivity contribution in [3.63, 3.8) is 0 Å². The molecule has 5 nitrogen and oxygen atoms in total. The first kappa shape index (κ1) is 16.6. The van der Waals surface area contributed by atoms with Crippen LogP contribution in [0.3, 0.4) is 0 Å². The summed E-state index contributed by atoms with van der Waals surface area (Å²) in [5.74, 6) is 0.418. The van der Waals surface area contributed by atoms with Crippen molar-refractivity contribution in [3.05, 3.63) is 53.1 Å². The average molecular weight is 346 g/mol. The molecule has 0 saturated carbocycles. The SMILES string of the molecule is Cc1cccc(/C=C/C2=CC=NC3=NC(N4CCCCC4)=NC(=O)C23)c1. The Bertz CT molecular complexity index is 870. The Morgan fingerprint density at radius 2 is 1.96 bits per heavy atom. The molecule has 1 atom stereocenters. The molecule has 0 aromatic heterocycles. The third-order valence-corrected chi connectivity index (χ3v) is 4.89. The topological polar surface area (TPSA) is 57.4 Å². The van der Waals surface area contributed by atoms with Crippen LogP contribution in [0.4, 0.5) is 0 Å². The van der Waals surface area contributed by atoms with Crippen molar-refractivity contribution in [1.82, 2.24) is 4.90 Å². The number of fused-ring (bicyclic) bond motifs is 1. The number of amides is 1. The average Bonchev–Trinajstić information content (AvgIpc) is 2.67. The molecule has 1 aromatic rings. The fraction of sp³-hybridized carbons (Fsp3) is 0.333. The number of likely N-dealkylation sites (tertiary alicyclic amines) is 1. The normalized spacial score (nSPS) is 22.8. The Hall–Kier alpha value is -2.82.